The summed E-state index contributed by atoms with van der Waals surface area (Å²) in [5, 5.41) is 28.5. The van der Waals surface area contributed by atoms with E-state index in [9.17, 15) is 24.6 Å². The van der Waals surface area contributed by atoms with E-state index in [0.717, 1.165) is 18.4 Å². The van der Waals surface area contributed by atoms with Crippen LogP contribution in [0.2, 0.25) is 0 Å². The molecule has 0 spiro atoms. The van der Waals surface area contributed by atoms with Gasteiger partial charge < -0.3 is 34.8 Å². The summed E-state index contributed by atoms with van der Waals surface area (Å²) in [6, 6.07) is 1.45. The Morgan fingerprint density at radius 3 is 2.68 bits per heavy atom. The second kappa shape index (κ2) is 10.8. The van der Waals surface area contributed by atoms with E-state index in [-0.39, 0.29) is 61.3 Å². The van der Waals surface area contributed by atoms with Gasteiger partial charge in [-0.2, -0.15) is 11.3 Å². The summed E-state index contributed by atoms with van der Waals surface area (Å²) in [4.78, 5) is 45.6. The summed E-state index contributed by atoms with van der Waals surface area (Å²) >= 11 is 1.61. The highest BCUT2D eigenvalue weighted by atomic mass is 32.1. The van der Waals surface area contributed by atoms with Crippen LogP contribution in [0.3, 0.4) is 0 Å². The standard InChI is InChI=1S/C26H36N4O7S/c31-22-8-20-23(32)24(33)21(37-20)13-30(25(34)16-1-2-16)12-18-11-28(4-5-36-18)26(35)19-7-17(27-22)10-29(19)9-15-3-6-38-14-15/h3,6,14,16-21,23-24,32-33H,1-2,4-5,7-13H2,(H,27,31)/t17-,18-,19-,20-,21+,23-,24+/m0/s1. The van der Waals surface area contributed by atoms with E-state index in [2.05, 4.69) is 15.6 Å². The van der Waals surface area contributed by atoms with Gasteiger partial charge in [-0.15, -0.1) is 0 Å². The molecular weight excluding hydrogens is 512 g/mol. The predicted molar refractivity (Wildman–Crippen MR) is 136 cm³/mol. The number of aliphatic hydroxyl groups excluding tert-OH is 2. The highest BCUT2D eigenvalue weighted by Gasteiger charge is 2.47. The second-order valence-electron chi connectivity index (χ2n) is 11.3. The van der Waals surface area contributed by atoms with Gasteiger partial charge in [-0.25, -0.2) is 0 Å². The Balaban J connectivity index is 1.26. The molecule has 1 aliphatic carbocycles. The Labute approximate surface area is 225 Å². The van der Waals surface area contributed by atoms with Gasteiger partial charge in [-0.3, -0.25) is 19.3 Å². The van der Waals surface area contributed by atoms with Gasteiger partial charge in [0, 0.05) is 51.2 Å². The molecule has 38 heavy (non-hydrogen) atoms. The minimum atomic E-state index is -1.23. The fourth-order valence-electron chi connectivity index (χ4n) is 6.22. The van der Waals surface area contributed by atoms with Crippen LogP contribution in [0.4, 0.5) is 0 Å². The Morgan fingerprint density at radius 1 is 1.11 bits per heavy atom. The first-order chi connectivity index (χ1) is 18.4. The van der Waals surface area contributed by atoms with Crippen LogP contribution < -0.4 is 5.32 Å². The SMILES string of the molecule is O=C1C[C@@H]2O[C@H](CN(C(=O)C3CC3)C[C@@H]3CN(CCO3)C(=O)[C@@H]3C[C@@H](CN3Cc3ccsc3)N1)[C@@H](O)[C@H]2O. The van der Waals surface area contributed by atoms with E-state index in [4.69, 9.17) is 9.47 Å². The summed E-state index contributed by atoms with van der Waals surface area (Å²) in [7, 11) is 0. The van der Waals surface area contributed by atoms with Gasteiger partial charge in [0.1, 0.15) is 18.3 Å². The lowest BCUT2D eigenvalue weighted by Gasteiger charge is -2.38. The number of aliphatic hydroxyl groups is 2. The van der Waals surface area contributed by atoms with Crippen LogP contribution >= 0.6 is 11.3 Å². The lowest BCUT2D eigenvalue weighted by molar-refractivity contribution is -0.147. The number of ether oxygens (including phenoxy) is 2. The van der Waals surface area contributed by atoms with Crippen LogP contribution in [-0.4, -0.2) is 125 Å². The van der Waals surface area contributed by atoms with Crippen molar-refractivity contribution in [2.45, 2.75) is 74.8 Å². The number of rotatable bonds is 3. The normalized spacial score (nSPS) is 36.9. The van der Waals surface area contributed by atoms with E-state index < -0.39 is 24.4 Å². The van der Waals surface area contributed by atoms with Crippen molar-refractivity contribution in [1.29, 1.82) is 0 Å². The summed E-state index contributed by atoms with van der Waals surface area (Å²) in [5.74, 6) is -0.343. The van der Waals surface area contributed by atoms with E-state index in [1.807, 2.05) is 16.3 Å². The first-order valence-corrected chi connectivity index (χ1v) is 14.5. The summed E-state index contributed by atoms with van der Waals surface area (Å²) in [6.45, 7) is 2.74. The Kier molecular flexibility index (Phi) is 7.45. The van der Waals surface area contributed by atoms with Crippen molar-refractivity contribution in [2.75, 3.05) is 39.3 Å². The van der Waals surface area contributed by atoms with Gasteiger partial charge in [0.2, 0.25) is 17.7 Å². The average molecular weight is 549 g/mol. The molecule has 4 saturated heterocycles. The van der Waals surface area contributed by atoms with E-state index in [1.165, 1.54) is 0 Å². The monoisotopic (exact) mass is 548 g/mol. The largest absolute Gasteiger partial charge is 0.388 e. The number of likely N-dealkylation sites (tertiary alicyclic amines) is 1. The highest BCUT2D eigenvalue weighted by molar-refractivity contribution is 7.07. The van der Waals surface area contributed by atoms with Gasteiger partial charge in [-0.05, 0) is 41.7 Å². The van der Waals surface area contributed by atoms with Crippen molar-refractivity contribution in [3.05, 3.63) is 22.4 Å². The zero-order valence-corrected chi connectivity index (χ0v) is 22.1. The number of amides is 3. The number of hydrogen-bond donors (Lipinski definition) is 3. The van der Waals surface area contributed by atoms with Crippen molar-refractivity contribution in [2.24, 2.45) is 5.92 Å². The van der Waals surface area contributed by atoms with Gasteiger partial charge in [-0.1, -0.05) is 0 Å². The van der Waals surface area contributed by atoms with Crippen LogP contribution in [0.25, 0.3) is 0 Å². The molecule has 6 rings (SSSR count). The van der Waals surface area contributed by atoms with Crippen molar-refractivity contribution >= 4 is 29.1 Å². The van der Waals surface area contributed by atoms with Crippen molar-refractivity contribution < 1.29 is 34.1 Å². The Bertz CT molecular complexity index is 1040. The van der Waals surface area contributed by atoms with Crippen molar-refractivity contribution in [1.82, 2.24) is 20.0 Å². The predicted octanol–water partition coefficient (Wildman–Crippen LogP) is -0.834. The number of carbonyl (C=O) groups is 3. The minimum absolute atomic E-state index is 0.0201. The van der Waals surface area contributed by atoms with Crippen molar-refractivity contribution in [3.8, 4) is 0 Å². The van der Waals surface area contributed by atoms with Gasteiger partial charge in [0.05, 0.1) is 31.3 Å². The number of nitrogens with zero attached hydrogens (tertiary/aromatic N) is 3. The number of hydrogen-bond acceptors (Lipinski definition) is 9. The maximum atomic E-state index is 13.8. The third-order valence-corrected chi connectivity index (χ3v) is 9.11. The van der Waals surface area contributed by atoms with Gasteiger partial charge >= 0.3 is 0 Å². The average Bonchev–Trinajstić information content (AvgIpc) is 3.40. The summed E-state index contributed by atoms with van der Waals surface area (Å²) < 4.78 is 12.0. The molecule has 5 aliphatic rings. The van der Waals surface area contributed by atoms with E-state index in [0.29, 0.717) is 39.2 Å². The smallest absolute Gasteiger partial charge is 0.240 e. The van der Waals surface area contributed by atoms with Crippen LogP contribution in [0.5, 0.6) is 0 Å². The molecular formula is C26H36N4O7S. The van der Waals surface area contributed by atoms with Gasteiger partial charge in [0.25, 0.3) is 0 Å². The van der Waals surface area contributed by atoms with Gasteiger partial charge in [0.15, 0.2) is 0 Å². The molecule has 1 aromatic heterocycles. The molecule has 5 heterocycles. The van der Waals surface area contributed by atoms with Crippen molar-refractivity contribution in [3.63, 3.8) is 0 Å². The summed E-state index contributed by atoms with van der Waals surface area (Å²) in [6.07, 6.45) is -2.44. The first-order valence-electron chi connectivity index (χ1n) is 13.6. The number of fused-ring (bicyclic) bond motifs is 6. The highest BCUT2D eigenvalue weighted by Crippen LogP contribution is 2.33. The molecule has 12 heteroatoms. The molecule has 1 saturated carbocycles. The molecule has 208 valence electrons. The van der Waals surface area contributed by atoms with E-state index in [1.54, 1.807) is 16.2 Å². The van der Waals surface area contributed by atoms with Crippen LogP contribution in [-0.2, 0) is 30.4 Å². The lowest BCUT2D eigenvalue weighted by atomic mass is 10.0. The van der Waals surface area contributed by atoms with Crippen LogP contribution in [0.1, 0.15) is 31.2 Å². The van der Waals surface area contributed by atoms with E-state index >= 15 is 0 Å². The molecule has 3 amide bonds. The molecule has 3 N–H and O–H groups in total. The molecule has 7 atom stereocenters. The molecule has 4 aliphatic heterocycles. The zero-order chi connectivity index (χ0) is 26.4. The second-order valence-corrected chi connectivity index (χ2v) is 12.0. The molecule has 0 unspecified atom stereocenters. The lowest BCUT2D eigenvalue weighted by Crippen LogP contribution is -2.55. The molecule has 5 fully saturated rings. The number of carbonyl (C=O) groups excluding carboxylic acids is 3. The fourth-order valence-corrected chi connectivity index (χ4v) is 6.88. The number of nitrogens with one attached hydrogen (secondary N) is 1. The number of thiophene rings is 1. The first kappa shape index (κ1) is 26.1. The minimum Gasteiger partial charge on any atom is -0.388 e. The quantitative estimate of drug-likeness (QED) is 0.446. The third-order valence-electron chi connectivity index (χ3n) is 8.38. The summed E-state index contributed by atoms with van der Waals surface area (Å²) in [5.41, 5.74) is 1.13. The molecule has 11 nitrogen and oxygen atoms in total. The zero-order valence-electron chi connectivity index (χ0n) is 21.3. The Morgan fingerprint density at radius 2 is 1.92 bits per heavy atom. The molecule has 6 bridgehead atoms. The van der Waals surface area contributed by atoms with Crippen LogP contribution in [0.15, 0.2) is 16.8 Å². The number of morpholine rings is 1. The third kappa shape index (κ3) is 5.47. The van der Waals surface area contributed by atoms with Crippen LogP contribution in [0, 0.1) is 5.92 Å². The topological polar surface area (TPSA) is 132 Å². The maximum Gasteiger partial charge on any atom is 0.240 e. The molecule has 0 radical (unpaired) electrons. The molecule has 0 aromatic carbocycles. The molecule has 1 aromatic rings. The fraction of sp³-hybridized carbons (Fsp3) is 0.731. The Hall–Kier alpha value is -2.09. The maximum absolute atomic E-state index is 13.8.